The van der Waals surface area contributed by atoms with Gasteiger partial charge in [0, 0.05) is 17.7 Å². The summed E-state index contributed by atoms with van der Waals surface area (Å²) < 4.78 is 26.4. The molecule has 2 N–H and O–H groups in total. The Morgan fingerprint density at radius 2 is 1.67 bits per heavy atom. The van der Waals surface area contributed by atoms with Crippen molar-refractivity contribution in [1.82, 2.24) is 9.62 Å². The van der Waals surface area contributed by atoms with E-state index in [1.807, 2.05) is 11.0 Å². The van der Waals surface area contributed by atoms with Gasteiger partial charge in [-0.05, 0) is 24.3 Å². The average molecular weight is 389 g/mol. The number of hydrogen-bond acceptors (Lipinski definition) is 3. The Balaban J connectivity index is 1.57. The van der Waals surface area contributed by atoms with Gasteiger partial charge in [-0.15, -0.1) is 0 Å². The summed E-state index contributed by atoms with van der Waals surface area (Å²) in [5.41, 5.74) is 1.83. The largest absolute Gasteiger partial charge is 0.328 e. The van der Waals surface area contributed by atoms with Crippen molar-refractivity contribution in [3.8, 4) is 0 Å². The van der Waals surface area contributed by atoms with Gasteiger partial charge >= 0.3 is 0 Å². The number of sulfonamides is 1. The first-order valence-corrected chi connectivity index (χ1v) is 10.7. The predicted molar refractivity (Wildman–Crippen MR) is 104 cm³/mol. The second-order valence-electron chi connectivity index (χ2n) is 6.73. The van der Waals surface area contributed by atoms with E-state index in [0.29, 0.717) is 25.2 Å². The Hall–Kier alpha value is -2.22. The fourth-order valence-electron chi connectivity index (χ4n) is 3.32. The summed E-state index contributed by atoms with van der Waals surface area (Å²) in [6, 6.07) is 16.5. The second-order valence-corrected chi connectivity index (χ2v) is 8.50. The molecule has 0 atom stereocenters. The van der Waals surface area contributed by atoms with E-state index in [1.165, 1.54) is 22.6 Å². The SMILES string of the molecule is CCNS(=O)(=O)c1ccc(C(=O)N2CC[NH+](Cc3ccccc3)CC2)cc1. The van der Waals surface area contributed by atoms with Crippen LogP contribution in [0.5, 0.6) is 0 Å². The molecule has 1 amide bonds. The topological polar surface area (TPSA) is 70.9 Å². The number of carbonyl (C=O) groups excluding carboxylic acids is 1. The number of rotatable bonds is 6. The third-order valence-electron chi connectivity index (χ3n) is 4.80. The van der Waals surface area contributed by atoms with Crippen LogP contribution in [0.4, 0.5) is 0 Å². The van der Waals surface area contributed by atoms with E-state index in [9.17, 15) is 13.2 Å². The van der Waals surface area contributed by atoms with Gasteiger partial charge in [-0.3, -0.25) is 4.79 Å². The molecule has 0 unspecified atom stereocenters. The third kappa shape index (κ3) is 4.94. The van der Waals surface area contributed by atoms with Crippen LogP contribution in [-0.2, 0) is 16.6 Å². The Labute approximate surface area is 160 Å². The van der Waals surface area contributed by atoms with Crippen molar-refractivity contribution in [2.45, 2.75) is 18.4 Å². The predicted octanol–water partition coefficient (Wildman–Crippen LogP) is 0.526. The maximum atomic E-state index is 12.7. The average Bonchev–Trinajstić information content (AvgIpc) is 2.69. The number of carbonyl (C=O) groups is 1. The number of piperazine rings is 1. The minimum Gasteiger partial charge on any atom is -0.328 e. The zero-order valence-corrected chi connectivity index (χ0v) is 16.3. The van der Waals surface area contributed by atoms with Gasteiger partial charge in [-0.25, -0.2) is 13.1 Å². The van der Waals surface area contributed by atoms with E-state index in [1.54, 1.807) is 19.1 Å². The van der Waals surface area contributed by atoms with Gasteiger partial charge < -0.3 is 9.80 Å². The molecule has 0 radical (unpaired) electrons. The molecule has 6 nitrogen and oxygen atoms in total. The summed E-state index contributed by atoms with van der Waals surface area (Å²) in [7, 11) is -3.49. The molecule has 0 spiro atoms. The summed E-state index contributed by atoms with van der Waals surface area (Å²) in [5.74, 6) is -0.0406. The van der Waals surface area contributed by atoms with Gasteiger partial charge in [0.25, 0.3) is 5.91 Å². The molecule has 2 aromatic rings. The molecule has 2 aromatic carbocycles. The molecule has 0 aliphatic carbocycles. The van der Waals surface area contributed by atoms with Crippen LogP contribution >= 0.6 is 0 Å². The number of benzene rings is 2. The number of nitrogens with one attached hydrogen (secondary N) is 2. The highest BCUT2D eigenvalue weighted by molar-refractivity contribution is 7.89. The smallest absolute Gasteiger partial charge is 0.254 e. The molecule has 7 heteroatoms. The molecule has 0 saturated carbocycles. The van der Waals surface area contributed by atoms with Crippen molar-refractivity contribution in [1.29, 1.82) is 0 Å². The van der Waals surface area contributed by atoms with Crippen LogP contribution in [0.25, 0.3) is 0 Å². The van der Waals surface area contributed by atoms with Crippen molar-refractivity contribution in [3.63, 3.8) is 0 Å². The van der Waals surface area contributed by atoms with Gasteiger partial charge in [0.2, 0.25) is 10.0 Å². The van der Waals surface area contributed by atoms with Crippen molar-refractivity contribution in [2.75, 3.05) is 32.7 Å². The first kappa shape index (κ1) is 19.5. The molecule has 0 bridgehead atoms. The first-order valence-electron chi connectivity index (χ1n) is 9.26. The lowest BCUT2D eigenvalue weighted by molar-refractivity contribution is -0.917. The standard InChI is InChI=1S/C20H25N3O3S/c1-2-21-27(25,26)19-10-8-18(9-11-19)20(24)23-14-12-22(13-15-23)16-17-6-4-3-5-7-17/h3-11,21H,2,12-16H2,1H3/p+1. The molecule has 3 rings (SSSR count). The van der Waals surface area contributed by atoms with Gasteiger partial charge in [0.05, 0.1) is 31.1 Å². The van der Waals surface area contributed by atoms with Gasteiger partial charge in [0.1, 0.15) is 6.54 Å². The molecule has 27 heavy (non-hydrogen) atoms. The molecule has 144 valence electrons. The van der Waals surface area contributed by atoms with E-state index in [0.717, 1.165) is 19.6 Å². The van der Waals surface area contributed by atoms with E-state index in [2.05, 4.69) is 29.0 Å². The monoisotopic (exact) mass is 388 g/mol. The highest BCUT2D eigenvalue weighted by Crippen LogP contribution is 2.12. The molecule has 1 heterocycles. The molecule has 1 fully saturated rings. The maximum Gasteiger partial charge on any atom is 0.254 e. The van der Waals surface area contributed by atoms with Gasteiger partial charge in [-0.2, -0.15) is 0 Å². The van der Waals surface area contributed by atoms with Gasteiger partial charge in [-0.1, -0.05) is 37.3 Å². The molecule has 1 aliphatic heterocycles. The Kier molecular flexibility index (Phi) is 6.26. The van der Waals surface area contributed by atoms with Crippen LogP contribution in [0.3, 0.4) is 0 Å². The van der Waals surface area contributed by atoms with E-state index in [4.69, 9.17) is 0 Å². The van der Waals surface area contributed by atoms with Gasteiger partial charge in [0.15, 0.2) is 0 Å². The van der Waals surface area contributed by atoms with Crippen LogP contribution in [0, 0.1) is 0 Å². The van der Waals surface area contributed by atoms with Crippen LogP contribution in [0.15, 0.2) is 59.5 Å². The maximum absolute atomic E-state index is 12.7. The molecule has 0 aromatic heterocycles. The number of amides is 1. The lowest BCUT2D eigenvalue weighted by atomic mass is 10.1. The zero-order valence-electron chi connectivity index (χ0n) is 15.5. The fourth-order valence-corrected chi connectivity index (χ4v) is 4.36. The van der Waals surface area contributed by atoms with Crippen LogP contribution < -0.4 is 9.62 Å². The quantitative estimate of drug-likeness (QED) is 0.758. The Morgan fingerprint density at radius 3 is 2.26 bits per heavy atom. The van der Waals surface area contributed by atoms with E-state index in [-0.39, 0.29) is 10.8 Å². The Morgan fingerprint density at radius 1 is 1.04 bits per heavy atom. The van der Waals surface area contributed by atoms with Crippen molar-refractivity contribution < 1.29 is 18.1 Å². The molecular weight excluding hydrogens is 362 g/mol. The minimum atomic E-state index is -3.49. The van der Waals surface area contributed by atoms with Crippen LogP contribution in [-0.4, -0.2) is 51.9 Å². The normalized spacial score (nSPS) is 15.7. The third-order valence-corrected chi connectivity index (χ3v) is 6.36. The minimum absolute atomic E-state index is 0.0406. The molecular formula is C20H26N3O3S+. The number of quaternary nitrogens is 1. The summed E-state index contributed by atoms with van der Waals surface area (Å²) in [6.45, 7) is 6.27. The van der Waals surface area contributed by atoms with E-state index < -0.39 is 10.0 Å². The lowest BCUT2D eigenvalue weighted by Gasteiger charge is -2.32. The summed E-state index contributed by atoms with van der Waals surface area (Å²) >= 11 is 0. The molecule has 1 saturated heterocycles. The fraction of sp³-hybridized carbons (Fsp3) is 0.350. The highest BCUT2D eigenvalue weighted by Gasteiger charge is 2.25. The second kappa shape index (κ2) is 8.65. The number of hydrogen-bond donors (Lipinski definition) is 2. The van der Waals surface area contributed by atoms with E-state index >= 15 is 0 Å². The first-order chi connectivity index (χ1) is 13.0. The lowest BCUT2D eigenvalue weighted by Crippen LogP contribution is -3.13. The summed E-state index contributed by atoms with van der Waals surface area (Å²) in [6.07, 6.45) is 0. The molecule has 1 aliphatic rings. The summed E-state index contributed by atoms with van der Waals surface area (Å²) in [5, 5.41) is 0. The van der Waals surface area contributed by atoms with Crippen LogP contribution in [0.1, 0.15) is 22.8 Å². The number of nitrogens with zero attached hydrogens (tertiary/aromatic N) is 1. The van der Waals surface area contributed by atoms with Crippen molar-refractivity contribution in [3.05, 3.63) is 65.7 Å². The van der Waals surface area contributed by atoms with Crippen molar-refractivity contribution >= 4 is 15.9 Å². The van der Waals surface area contributed by atoms with Crippen molar-refractivity contribution in [2.24, 2.45) is 0 Å². The Bertz CT molecular complexity index is 859. The van der Waals surface area contributed by atoms with Crippen LogP contribution in [0.2, 0.25) is 0 Å². The highest BCUT2D eigenvalue weighted by atomic mass is 32.2. The zero-order chi connectivity index (χ0) is 19.3. The summed E-state index contributed by atoms with van der Waals surface area (Å²) in [4.78, 5) is 16.2.